The smallest absolute Gasteiger partial charge is 0.276 e. The Kier molecular flexibility index (Phi) is 8.66. The van der Waals surface area contributed by atoms with Crippen LogP contribution in [0, 0.1) is 36.9 Å². The average Bonchev–Trinajstić information content (AvgIpc) is 3.18. The van der Waals surface area contributed by atoms with Crippen molar-refractivity contribution in [1.29, 1.82) is 5.41 Å². The molecule has 224 valence electrons. The maximum atomic E-state index is 14.8. The molecular weight excluding hydrogens is 581 g/mol. The van der Waals surface area contributed by atoms with Gasteiger partial charge >= 0.3 is 0 Å². The number of nitrogens with zero attached hydrogens (tertiary/aromatic N) is 3. The molecule has 1 aromatic heterocycles. The zero-order valence-corrected chi connectivity index (χ0v) is 24.6. The lowest BCUT2D eigenvalue weighted by Gasteiger charge is -2.25. The second kappa shape index (κ2) is 12.3. The van der Waals surface area contributed by atoms with Crippen molar-refractivity contribution >= 4 is 35.3 Å². The summed E-state index contributed by atoms with van der Waals surface area (Å²) >= 11 is 5.83. The lowest BCUT2D eigenvalue weighted by molar-refractivity contribution is -0.630. The van der Waals surface area contributed by atoms with E-state index >= 15 is 0 Å². The number of hydrogen-bond acceptors (Lipinski definition) is 5. The molecule has 1 aliphatic heterocycles. The number of anilines is 1. The van der Waals surface area contributed by atoms with Crippen LogP contribution in [0.3, 0.4) is 0 Å². The number of amides is 2. The molecule has 2 amide bonds. The Bertz CT molecular complexity index is 1650. The third-order valence-electron chi connectivity index (χ3n) is 8.24. The van der Waals surface area contributed by atoms with Crippen LogP contribution in [0.4, 0.5) is 18.9 Å². The minimum absolute atomic E-state index is 0.0882. The number of nitrogens with one attached hydrogen (secondary N) is 2. The van der Waals surface area contributed by atoms with Crippen LogP contribution in [0.1, 0.15) is 65.1 Å². The molecule has 3 atom stereocenters. The fraction of sp³-hybridized carbons (Fsp3) is 0.323. The number of benzene rings is 2. The Hall–Kier alpha value is -4.09. The number of aromatic nitrogens is 2. The van der Waals surface area contributed by atoms with Crippen molar-refractivity contribution in [2.24, 2.45) is 11.8 Å². The molecule has 1 saturated heterocycles. The van der Waals surface area contributed by atoms with Gasteiger partial charge in [-0.2, -0.15) is 0 Å². The lowest BCUT2D eigenvalue weighted by Crippen LogP contribution is -2.79. The number of carbonyl (C=O) groups is 2. The van der Waals surface area contributed by atoms with Crippen molar-refractivity contribution in [3.05, 3.63) is 87.3 Å². The van der Waals surface area contributed by atoms with Crippen LogP contribution < -0.4 is 15.5 Å². The summed E-state index contributed by atoms with van der Waals surface area (Å²) in [6.07, 6.45) is 2.72. The van der Waals surface area contributed by atoms with Gasteiger partial charge in [0.05, 0.1) is 22.6 Å². The molecule has 0 radical (unpaired) electrons. The Labute approximate surface area is 251 Å². The molecule has 12 heteroatoms. The maximum Gasteiger partial charge on any atom is 0.276 e. The van der Waals surface area contributed by atoms with Crippen LogP contribution in [0.5, 0.6) is 0 Å². The summed E-state index contributed by atoms with van der Waals surface area (Å²) in [5.41, 5.74) is 1.63. The number of hydrogen-bond donors (Lipinski definition) is 3. The molecule has 1 saturated carbocycles. The highest BCUT2D eigenvalue weighted by Gasteiger charge is 2.46. The molecule has 8 nitrogen and oxygen atoms in total. The predicted octanol–water partition coefficient (Wildman–Crippen LogP) is 5.41. The number of halogens is 4. The number of fused-ring (bicyclic) bond motifs is 1. The minimum Gasteiger partial charge on any atom is -0.315 e. The average molecular weight is 612 g/mol. The number of allylic oxidation sites excluding steroid dienone is 1. The predicted molar refractivity (Wildman–Crippen MR) is 157 cm³/mol. The molecule has 2 aromatic carbocycles. The highest BCUT2D eigenvalue weighted by atomic mass is 35.5. The normalized spacial score (nSPS) is 18.8. The van der Waals surface area contributed by atoms with E-state index in [4.69, 9.17) is 17.0 Å². The first-order valence-corrected chi connectivity index (χ1v) is 14.3. The second-order valence-electron chi connectivity index (χ2n) is 11.0. The van der Waals surface area contributed by atoms with Crippen molar-refractivity contribution in [3.63, 3.8) is 0 Å². The van der Waals surface area contributed by atoms with E-state index in [-0.39, 0.29) is 45.7 Å². The molecular formula is C31H31ClF3N6O2+. The number of quaternary nitrogens is 1. The fourth-order valence-electron chi connectivity index (χ4n) is 5.67. The fourth-order valence-corrected chi connectivity index (χ4v) is 5.83. The Balaban J connectivity index is 1.31. The number of carbonyl (C=O) groups excluding carboxylic acids is 2. The van der Waals surface area contributed by atoms with E-state index < -0.39 is 29.3 Å². The Morgan fingerprint density at radius 2 is 1.95 bits per heavy atom. The van der Waals surface area contributed by atoms with Crippen molar-refractivity contribution < 1.29 is 28.1 Å². The van der Waals surface area contributed by atoms with Gasteiger partial charge in [-0.1, -0.05) is 23.7 Å². The standard InChI is InChI=1S/C31H30ClF3N6O2/c1-15-10-20(41-14-18-4-6-22(18)31(41)43)5-7-21(15)16(2)37-12-19(11-36)39-30(42)28-17(3)38-13-25(40-28)26-23(29(34)35)8-9-24(32)27(26)33/h5,7-13,16,18,22,29,36-37H,4,6,14H2,1-3H3,(H,39,42)/p+1/b19-12+,36-11?/t16?,18-,22-/m1/s1. The molecule has 0 spiro atoms. The van der Waals surface area contributed by atoms with Crippen molar-refractivity contribution in [3.8, 4) is 11.3 Å². The summed E-state index contributed by atoms with van der Waals surface area (Å²) in [6.45, 7) is 6.23. The first-order chi connectivity index (χ1) is 20.5. The summed E-state index contributed by atoms with van der Waals surface area (Å²) in [5, 5.41) is 11.8. The number of rotatable bonds is 9. The van der Waals surface area contributed by atoms with Gasteiger partial charge in [0.25, 0.3) is 12.3 Å². The van der Waals surface area contributed by atoms with E-state index in [1.54, 1.807) is 6.20 Å². The SMILES string of the molecule is Cc1cc(N2C[C@H]3CC[C@H]3C2=O)ccc1C(C)[NH2+]/C=C(\C=N)NC(=O)c1nc(-c2c(C(F)F)ccc(Cl)c2F)cnc1C. The quantitative estimate of drug-likeness (QED) is 0.281. The molecule has 1 unspecified atom stereocenters. The van der Waals surface area contributed by atoms with E-state index in [0.717, 1.165) is 60.7 Å². The van der Waals surface area contributed by atoms with E-state index in [2.05, 4.69) is 15.3 Å². The third kappa shape index (κ3) is 5.92. The van der Waals surface area contributed by atoms with Crippen LogP contribution in [0.15, 0.2) is 48.4 Å². The molecule has 2 heterocycles. The van der Waals surface area contributed by atoms with Gasteiger partial charge in [0.1, 0.15) is 23.6 Å². The van der Waals surface area contributed by atoms with E-state index in [0.29, 0.717) is 5.92 Å². The van der Waals surface area contributed by atoms with Gasteiger partial charge in [0.2, 0.25) is 5.91 Å². The summed E-state index contributed by atoms with van der Waals surface area (Å²) in [4.78, 5) is 35.9. The van der Waals surface area contributed by atoms with Crippen LogP contribution in [0.25, 0.3) is 11.3 Å². The van der Waals surface area contributed by atoms with E-state index in [1.165, 1.54) is 6.92 Å². The summed E-state index contributed by atoms with van der Waals surface area (Å²) in [7, 11) is 0. The van der Waals surface area contributed by atoms with Crippen molar-refractivity contribution in [2.75, 3.05) is 11.4 Å². The Morgan fingerprint density at radius 1 is 1.21 bits per heavy atom. The first-order valence-electron chi connectivity index (χ1n) is 13.9. The molecule has 43 heavy (non-hydrogen) atoms. The lowest BCUT2D eigenvalue weighted by atomic mass is 9.76. The number of alkyl halides is 2. The number of aryl methyl sites for hydroxylation is 2. The molecule has 5 rings (SSSR count). The van der Waals surface area contributed by atoms with Crippen LogP contribution in [-0.2, 0) is 4.79 Å². The van der Waals surface area contributed by atoms with E-state index in [9.17, 15) is 22.8 Å². The molecule has 4 N–H and O–H groups in total. The van der Waals surface area contributed by atoms with Crippen LogP contribution in [-0.4, -0.2) is 34.5 Å². The second-order valence-corrected chi connectivity index (χ2v) is 11.4. The van der Waals surface area contributed by atoms with Gasteiger partial charge in [0.15, 0.2) is 5.82 Å². The minimum atomic E-state index is -3.01. The summed E-state index contributed by atoms with van der Waals surface area (Å²) in [6, 6.07) is 7.91. The topological polar surface area (TPSA) is 116 Å². The van der Waals surface area contributed by atoms with E-state index in [1.807, 2.05) is 42.3 Å². The molecule has 0 bridgehead atoms. The van der Waals surface area contributed by atoms with Crippen LogP contribution in [0.2, 0.25) is 5.02 Å². The number of nitrogens with two attached hydrogens (primary N) is 1. The molecule has 3 aromatic rings. The summed E-state index contributed by atoms with van der Waals surface area (Å²) in [5.74, 6) is -0.999. The van der Waals surface area contributed by atoms with Crippen molar-refractivity contribution in [1.82, 2.24) is 15.3 Å². The van der Waals surface area contributed by atoms with Crippen molar-refractivity contribution in [2.45, 2.75) is 46.1 Å². The highest BCUT2D eigenvalue weighted by Crippen LogP contribution is 2.43. The highest BCUT2D eigenvalue weighted by molar-refractivity contribution is 6.31. The molecule has 2 aliphatic rings. The zero-order chi connectivity index (χ0) is 31.0. The first kappa shape index (κ1) is 30.4. The van der Waals surface area contributed by atoms with Gasteiger partial charge in [0, 0.05) is 41.1 Å². The third-order valence-corrected chi connectivity index (χ3v) is 8.53. The Morgan fingerprint density at radius 3 is 2.56 bits per heavy atom. The summed E-state index contributed by atoms with van der Waals surface area (Å²) < 4.78 is 42.1. The van der Waals surface area contributed by atoms with Gasteiger partial charge in [-0.05, 0) is 63.3 Å². The molecule has 2 fully saturated rings. The molecule has 1 aliphatic carbocycles. The maximum absolute atomic E-state index is 14.8. The van der Waals surface area contributed by atoms with Gasteiger partial charge in [-0.25, -0.2) is 18.2 Å². The van der Waals surface area contributed by atoms with Gasteiger partial charge in [-0.3, -0.25) is 14.6 Å². The largest absolute Gasteiger partial charge is 0.315 e. The van der Waals surface area contributed by atoms with Gasteiger partial charge in [-0.15, -0.1) is 0 Å². The zero-order valence-electron chi connectivity index (χ0n) is 23.8. The van der Waals surface area contributed by atoms with Crippen LogP contribution >= 0.6 is 11.6 Å². The van der Waals surface area contributed by atoms with Gasteiger partial charge < -0.3 is 20.9 Å². The monoisotopic (exact) mass is 611 g/mol.